The number of carbonyl (C=O) groups excluding carboxylic acids is 2. The molecule has 3 aromatic carbocycles. The number of ether oxygens (including phenoxy) is 1. The Balaban J connectivity index is 1.54. The van der Waals surface area contributed by atoms with Crippen molar-refractivity contribution in [1.82, 2.24) is 20.1 Å². The van der Waals surface area contributed by atoms with Gasteiger partial charge in [-0.1, -0.05) is 41.9 Å². The van der Waals surface area contributed by atoms with Gasteiger partial charge in [-0.15, -0.1) is 10.2 Å². The second-order valence-electron chi connectivity index (χ2n) is 10.6. The third kappa shape index (κ3) is 6.20. The van der Waals surface area contributed by atoms with Gasteiger partial charge in [0.1, 0.15) is 17.6 Å². The van der Waals surface area contributed by atoms with Gasteiger partial charge in [-0.05, 0) is 68.5 Å². The Morgan fingerprint density at radius 1 is 1.07 bits per heavy atom. The molecule has 1 amide bonds. The summed E-state index contributed by atoms with van der Waals surface area (Å²) in [6.45, 7) is 7.67. The maximum absolute atomic E-state index is 13.0. The predicted octanol–water partition coefficient (Wildman–Crippen LogP) is 4.31. The fourth-order valence-electron chi connectivity index (χ4n) is 4.89. The van der Waals surface area contributed by atoms with E-state index < -0.39 is 14.4 Å². The third-order valence-electron chi connectivity index (χ3n) is 7.03. The van der Waals surface area contributed by atoms with E-state index in [9.17, 15) is 14.4 Å². The van der Waals surface area contributed by atoms with Gasteiger partial charge in [0.25, 0.3) is 0 Å². The molecule has 0 aliphatic carbocycles. The number of hydrogen-bond acceptors (Lipinski definition) is 7. The first-order chi connectivity index (χ1) is 20.0. The molecule has 42 heavy (non-hydrogen) atoms. The van der Waals surface area contributed by atoms with Gasteiger partial charge in [-0.2, -0.15) is 0 Å². The zero-order valence-corrected chi connectivity index (χ0v) is 25.6. The van der Waals surface area contributed by atoms with Gasteiger partial charge in [0.2, 0.25) is 14.2 Å². The van der Waals surface area contributed by atoms with Gasteiger partial charge in [0.05, 0.1) is 17.8 Å². The van der Waals surface area contributed by atoms with Gasteiger partial charge in [-0.3, -0.25) is 19.1 Å². The molecule has 9 nitrogen and oxygen atoms in total. The molecule has 0 saturated carbocycles. The van der Waals surface area contributed by atoms with Crippen LogP contribution in [0.1, 0.15) is 52.5 Å². The van der Waals surface area contributed by atoms with E-state index in [2.05, 4.69) is 15.5 Å². The Bertz CT molecular complexity index is 1680. The van der Waals surface area contributed by atoms with Crippen LogP contribution in [0.5, 0.6) is 5.75 Å². The minimum atomic E-state index is -2.56. The van der Waals surface area contributed by atoms with Crippen LogP contribution in [0.15, 0.2) is 71.7 Å². The Morgan fingerprint density at radius 2 is 1.83 bits per heavy atom. The van der Waals surface area contributed by atoms with E-state index >= 15 is 0 Å². The molecule has 1 atom stereocenters. The molecule has 0 fully saturated rings. The van der Waals surface area contributed by atoms with Crippen LogP contribution in [-0.2, 0) is 4.79 Å². The highest BCUT2D eigenvalue weighted by atomic mass is 35.5. The molecule has 4 aromatic rings. The highest BCUT2D eigenvalue weighted by molar-refractivity contribution is 6.83. The molecule has 11 heteroatoms. The van der Waals surface area contributed by atoms with Crippen LogP contribution in [0.4, 0.5) is 0 Å². The van der Waals surface area contributed by atoms with Gasteiger partial charge < -0.3 is 14.8 Å². The standard InChI is InChI=1S/C31H32ClN5O4Si/c1-5-33-29(39)17-26-31-36-35-19(2)37(31)27-14-13-23(16-25(27)30(34-26)20-9-11-22(32)12-10-20)41-18-28(38)21-7-6-8-24(15-21)42(3,4)40/h6-16,26,40H,5,17-18H2,1-4H3,(H,33,39). The molecule has 0 spiro atoms. The average Bonchev–Trinajstić information content (AvgIpc) is 3.29. The molecule has 5 rings (SSSR count). The van der Waals surface area contributed by atoms with Crippen LogP contribution < -0.4 is 15.2 Å². The van der Waals surface area contributed by atoms with Crippen molar-refractivity contribution in [1.29, 1.82) is 0 Å². The minimum Gasteiger partial charge on any atom is -0.485 e. The van der Waals surface area contributed by atoms with Crippen molar-refractivity contribution >= 4 is 42.5 Å². The summed E-state index contributed by atoms with van der Waals surface area (Å²) in [5, 5.41) is 12.9. The molecular weight excluding hydrogens is 570 g/mol. The van der Waals surface area contributed by atoms with Gasteiger partial charge in [0, 0.05) is 28.3 Å². The highest BCUT2D eigenvalue weighted by Gasteiger charge is 2.30. The Kier molecular flexibility index (Phi) is 8.40. The van der Waals surface area contributed by atoms with E-state index in [1.54, 1.807) is 36.4 Å². The number of benzene rings is 3. The number of rotatable bonds is 9. The van der Waals surface area contributed by atoms with Crippen molar-refractivity contribution in [2.75, 3.05) is 13.2 Å². The summed E-state index contributed by atoms with van der Waals surface area (Å²) in [5.41, 5.74) is 3.44. The fraction of sp³-hybridized carbons (Fsp3) is 0.258. The molecule has 0 saturated heterocycles. The zero-order valence-electron chi connectivity index (χ0n) is 23.9. The van der Waals surface area contributed by atoms with Crippen LogP contribution >= 0.6 is 11.6 Å². The first kappa shape index (κ1) is 29.4. The lowest BCUT2D eigenvalue weighted by Crippen LogP contribution is -2.41. The molecule has 2 N–H and O–H groups in total. The van der Waals surface area contributed by atoms with E-state index in [1.807, 2.05) is 61.8 Å². The minimum absolute atomic E-state index is 0.0987. The lowest BCUT2D eigenvalue weighted by molar-refractivity contribution is -0.121. The number of aromatic nitrogens is 3. The van der Waals surface area contributed by atoms with Crippen LogP contribution in [0.2, 0.25) is 18.1 Å². The maximum atomic E-state index is 13.0. The van der Waals surface area contributed by atoms with Crippen molar-refractivity contribution in [3.05, 3.63) is 100 Å². The van der Waals surface area contributed by atoms with Crippen molar-refractivity contribution in [2.24, 2.45) is 4.99 Å². The molecule has 1 aliphatic rings. The van der Waals surface area contributed by atoms with Crippen LogP contribution in [0.25, 0.3) is 5.69 Å². The summed E-state index contributed by atoms with van der Waals surface area (Å²) in [4.78, 5) is 41.3. The van der Waals surface area contributed by atoms with Gasteiger partial charge >= 0.3 is 0 Å². The largest absolute Gasteiger partial charge is 0.485 e. The molecule has 1 aromatic heterocycles. The van der Waals surface area contributed by atoms with E-state index in [1.165, 1.54) is 0 Å². The summed E-state index contributed by atoms with van der Waals surface area (Å²) in [5.74, 6) is 1.35. The summed E-state index contributed by atoms with van der Waals surface area (Å²) in [6, 6.07) is 19.3. The first-order valence-corrected chi connectivity index (χ1v) is 17.0. The molecule has 0 radical (unpaired) electrons. The van der Waals surface area contributed by atoms with Crippen molar-refractivity contribution in [3.63, 3.8) is 0 Å². The number of ketones is 1. The zero-order chi connectivity index (χ0) is 30.0. The van der Waals surface area contributed by atoms with Crippen LogP contribution in [0, 0.1) is 6.92 Å². The molecule has 0 bridgehead atoms. The molecule has 1 unspecified atom stereocenters. The van der Waals surface area contributed by atoms with E-state index in [-0.39, 0.29) is 24.7 Å². The topological polar surface area (TPSA) is 119 Å². The number of aryl methyl sites for hydroxylation is 1. The second-order valence-corrected chi connectivity index (χ2v) is 14.8. The van der Waals surface area contributed by atoms with Crippen molar-refractivity contribution < 1.29 is 19.1 Å². The summed E-state index contributed by atoms with van der Waals surface area (Å²) in [7, 11) is -2.56. The number of fused-ring (bicyclic) bond motifs is 3. The summed E-state index contributed by atoms with van der Waals surface area (Å²) >= 11 is 6.19. The quantitative estimate of drug-likeness (QED) is 0.218. The SMILES string of the molecule is CCNC(=O)CC1N=C(c2ccc(Cl)cc2)c2cc(OCC(=O)c3cccc([Si](C)(C)O)c3)ccc2-n2c(C)nnc21. The lowest BCUT2D eigenvalue weighted by Gasteiger charge is -2.16. The van der Waals surface area contributed by atoms with Crippen LogP contribution in [0.3, 0.4) is 0 Å². The molecule has 1 aliphatic heterocycles. The average molecular weight is 602 g/mol. The second kappa shape index (κ2) is 12.0. The number of hydrogen-bond donors (Lipinski definition) is 2. The van der Waals surface area contributed by atoms with Crippen molar-refractivity contribution in [3.8, 4) is 11.4 Å². The number of amides is 1. The lowest BCUT2D eigenvalue weighted by atomic mass is 10.00. The number of halogens is 1. The summed E-state index contributed by atoms with van der Waals surface area (Å²) < 4.78 is 7.91. The number of nitrogens with one attached hydrogen (secondary N) is 1. The molecular formula is C31H32ClN5O4Si. The fourth-order valence-corrected chi connectivity index (χ4v) is 6.03. The molecule has 216 valence electrons. The van der Waals surface area contributed by atoms with E-state index in [0.717, 1.165) is 22.0 Å². The molecule has 2 heterocycles. The van der Waals surface area contributed by atoms with E-state index in [0.29, 0.717) is 40.2 Å². The Morgan fingerprint density at radius 3 is 2.55 bits per heavy atom. The normalized spacial score (nSPS) is 14.3. The summed E-state index contributed by atoms with van der Waals surface area (Å²) in [6.07, 6.45) is 0.0987. The Hall–Kier alpha value is -4.12. The third-order valence-corrected chi connectivity index (χ3v) is 9.00. The first-order valence-electron chi connectivity index (χ1n) is 13.7. The highest BCUT2D eigenvalue weighted by Crippen LogP contribution is 2.34. The van der Waals surface area contributed by atoms with Crippen molar-refractivity contribution in [2.45, 2.75) is 39.4 Å². The van der Waals surface area contributed by atoms with Gasteiger partial charge in [-0.25, -0.2) is 0 Å². The predicted molar refractivity (Wildman–Crippen MR) is 165 cm³/mol. The monoisotopic (exact) mass is 601 g/mol. The van der Waals surface area contributed by atoms with Crippen LogP contribution in [-0.4, -0.2) is 58.4 Å². The number of nitrogens with zero attached hydrogens (tertiary/aromatic N) is 4. The number of carbonyl (C=O) groups is 2. The maximum Gasteiger partial charge on any atom is 0.222 e. The van der Waals surface area contributed by atoms with E-state index in [4.69, 9.17) is 21.3 Å². The number of Topliss-reactive ketones (excluding diaryl/α,β-unsaturated/α-hetero) is 1. The van der Waals surface area contributed by atoms with Gasteiger partial charge in [0.15, 0.2) is 18.2 Å². The Labute approximate surface area is 250 Å². The smallest absolute Gasteiger partial charge is 0.222 e. The number of aliphatic imine (C=N–C) groups is 1.